The van der Waals surface area contributed by atoms with Crippen LogP contribution in [0.2, 0.25) is 0 Å². The van der Waals surface area contributed by atoms with Crippen LogP contribution in [0.1, 0.15) is 44.2 Å². The number of likely N-dealkylation sites (tertiary alicyclic amines) is 1. The van der Waals surface area contributed by atoms with Gasteiger partial charge in [-0.3, -0.25) is 14.6 Å². The van der Waals surface area contributed by atoms with Gasteiger partial charge in [-0.2, -0.15) is 0 Å². The van der Waals surface area contributed by atoms with Crippen LogP contribution in [0.5, 0.6) is 0 Å². The van der Waals surface area contributed by atoms with Crippen molar-refractivity contribution in [2.75, 3.05) is 26.2 Å². The van der Waals surface area contributed by atoms with Crippen molar-refractivity contribution in [2.45, 2.75) is 51.1 Å². The Morgan fingerprint density at radius 2 is 2.12 bits per heavy atom. The zero-order valence-electron chi connectivity index (χ0n) is 15.2. The molecule has 1 unspecified atom stereocenters. The molecule has 2 saturated heterocycles. The predicted molar refractivity (Wildman–Crippen MR) is 103 cm³/mol. The lowest BCUT2D eigenvalue weighted by Gasteiger charge is -2.34. The molecule has 2 fully saturated rings. The lowest BCUT2D eigenvalue weighted by molar-refractivity contribution is -0.143. The van der Waals surface area contributed by atoms with E-state index in [4.69, 9.17) is 0 Å². The SMILES string of the molecule is Cl.O=C1CCCCN1CC(=O)N(Cc1ccccn1)C1CCCNCC1. The smallest absolute Gasteiger partial charge is 0.242 e. The molecule has 2 aliphatic heterocycles. The van der Waals surface area contributed by atoms with Crippen LogP contribution in [0.4, 0.5) is 0 Å². The molecule has 1 N–H and O–H groups in total. The molecule has 26 heavy (non-hydrogen) atoms. The summed E-state index contributed by atoms with van der Waals surface area (Å²) in [6.07, 6.45) is 7.29. The number of piperidine rings is 1. The average Bonchev–Trinajstić information content (AvgIpc) is 2.92. The van der Waals surface area contributed by atoms with Crippen LogP contribution < -0.4 is 5.32 Å². The van der Waals surface area contributed by atoms with Gasteiger partial charge in [-0.1, -0.05) is 6.07 Å². The maximum absolute atomic E-state index is 13.1. The summed E-state index contributed by atoms with van der Waals surface area (Å²) < 4.78 is 0. The minimum atomic E-state index is 0. The Morgan fingerprint density at radius 1 is 1.23 bits per heavy atom. The molecule has 3 rings (SSSR count). The van der Waals surface area contributed by atoms with E-state index in [1.54, 1.807) is 11.1 Å². The molecule has 0 aliphatic carbocycles. The summed E-state index contributed by atoms with van der Waals surface area (Å²) in [6.45, 7) is 3.36. The second kappa shape index (κ2) is 10.5. The number of nitrogens with zero attached hydrogens (tertiary/aromatic N) is 3. The Kier molecular flexibility index (Phi) is 8.32. The van der Waals surface area contributed by atoms with E-state index in [9.17, 15) is 9.59 Å². The van der Waals surface area contributed by atoms with E-state index < -0.39 is 0 Å². The zero-order valence-corrected chi connectivity index (χ0v) is 16.0. The Morgan fingerprint density at radius 3 is 2.88 bits per heavy atom. The molecule has 1 atom stereocenters. The molecule has 6 nitrogen and oxygen atoms in total. The highest BCUT2D eigenvalue weighted by Gasteiger charge is 2.28. The van der Waals surface area contributed by atoms with Gasteiger partial charge in [0.25, 0.3) is 0 Å². The number of hydrogen-bond donors (Lipinski definition) is 1. The maximum atomic E-state index is 13.1. The predicted octanol–water partition coefficient (Wildman–Crippen LogP) is 1.99. The van der Waals surface area contributed by atoms with Gasteiger partial charge in [-0.25, -0.2) is 0 Å². The number of pyridine rings is 1. The number of nitrogens with one attached hydrogen (secondary N) is 1. The van der Waals surface area contributed by atoms with Crippen LogP contribution >= 0.6 is 12.4 Å². The van der Waals surface area contributed by atoms with Crippen molar-refractivity contribution in [1.29, 1.82) is 0 Å². The van der Waals surface area contributed by atoms with Crippen molar-refractivity contribution in [3.8, 4) is 0 Å². The third-order valence-corrected chi connectivity index (χ3v) is 5.11. The monoisotopic (exact) mass is 380 g/mol. The fourth-order valence-electron chi connectivity index (χ4n) is 3.68. The number of aromatic nitrogens is 1. The van der Waals surface area contributed by atoms with E-state index in [0.29, 0.717) is 19.5 Å². The molecular formula is C19H29ClN4O2. The summed E-state index contributed by atoms with van der Waals surface area (Å²) in [6, 6.07) is 6.01. The van der Waals surface area contributed by atoms with Crippen LogP contribution in [0.25, 0.3) is 0 Å². The molecule has 0 radical (unpaired) electrons. The minimum absolute atomic E-state index is 0. The number of hydrogen-bond acceptors (Lipinski definition) is 4. The number of rotatable bonds is 5. The van der Waals surface area contributed by atoms with Crippen LogP contribution in [0.3, 0.4) is 0 Å². The second-order valence-electron chi connectivity index (χ2n) is 6.95. The lowest BCUT2D eigenvalue weighted by Crippen LogP contribution is -2.48. The fraction of sp³-hybridized carbons (Fsp3) is 0.632. The highest BCUT2D eigenvalue weighted by atomic mass is 35.5. The molecule has 1 aromatic heterocycles. The molecule has 0 saturated carbocycles. The first-order valence-electron chi connectivity index (χ1n) is 9.42. The topological polar surface area (TPSA) is 65.5 Å². The van der Waals surface area contributed by atoms with Gasteiger partial charge in [-0.05, 0) is 57.3 Å². The molecule has 0 spiro atoms. The van der Waals surface area contributed by atoms with E-state index in [-0.39, 0.29) is 36.8 Å². The van der Waals surface area contributed by atoms with Crippen molar-refractivity contribution in [3.05, 3.63) is 30.1 Å². The molecule has 0 aromatic carbocycles. The van der Waals surface area contributed by atoms with Crippen LogP contribution in [0, 0.1) is 0 Å². The van der Waals surface area contributed by atoms with Crippen LogP contribution in [-0.2, 0) is 16.1 Å². The highest BCUT2D eigenvalue weighted by Crippen LogP contribution is 2.18. The Labute approximate surface area is 161 Å². The molecule has 0 bridgehead atoms. The van der Waals surface area contributed by atoms with Crippen molar-refractivity contribution in [1.82, 2.24) is 20.1 Å². The average molecular weight is 381 g/mol. The normalized spacial score (nSPS) is 20.8. The summed E-state index contributed by atoms with van der Waals surface area (Å²) in [4.78, 5) is 33.2. The second-order valence-corrected chi connectivity index (χ2v) is 6.95. The number of carbonyl (C=O) groups excluding carboxylic acids is 2. The molecular weight excluding hydrogens is 352 g/mol. The minimum Gasteiger partial charge on any atom is -0.333 e. The molecule has 2 amide bonds. The molecule has 1 aromatic rings. The molecule has 7 heteroatoms. The Bertz CT molecular complexity index is 576. The van der Waals surface area contributed by atoms with Gasteiger partial charge < -0.3 is 15.1 Å². The van der Waals surface area contributed by atoms with Crippen LogP contribution in [0.15, 0.2) is 24.4 Å². The Balaban J connectivity index is 0.00000243. The fourth-order valence-corrected chi connectivity index (χ4v) is 3.68. The summed E-state index contributed by atoms with van der Waals surface area (Å²) in [5.74, 6) is 0.160. The van der Waals surface area contributed by atoms with Gasteiger partial charge in [0, 0.05) is 25.2 Å². The van der Waals surface area contributed by atoms with E-state index >= 15 is 0 Å². The first kappa shape index (κ1) is 20.6. The highest BCUT2D eigenvalue weighted by molar-refractivity contribution is 5.85. The van der Waals surface area contributed by atoms with Gasteiger partial charge in [0.05, 0.1) is 18.8 Å². The largest absolute Gasteiger partial charge is 0.333 e. The third-order valence-electron chi connectivity index (χ3n) is 5.11. The van der Waals surface area contributed by atoms with E-state index in [2.05, 4.69) is 10.3 Å². The van der Waals surface area contributed by atoms with Gasteiger partial charge in [-0.15, -0.1) is 12.4 Å². The third kappa shape index (κ3) is 5.68. The van der Waals surface area contributed by atoms with Crippen molar-refractivity contribution >= 4 is 24.2 Å². The van der Waals surface area contributed by atoms with Crippen molar-refractivity contribution < 1.29 is 9.59 Å². The maximum Gasteiger partial charge on any atom is 0.242 e. The van der Waals surface area contributed by atoms with Crippen molar-refractivity contribution in [2.24, 2.45) is 0 Å². The van der Waals surface area contributed by atoms with Gasteiger partial charge in [0.2, 0.25) is 11.8 Å². The summed E-state index contributed by atoms with van der Waals surface area (Å²) in [7, 11) is 0. The standard InChI is InChI=1S/C19H28N4O2.ClH/c24-18-8-2-4-13-22(18)15-19(25)23(14-16-6-1-3-11-21-16)17-7-5-10-20-12-9-17;/h1,3,6,11,17,20H,2,4-5,7-10,12-15H2;1H. The first-order chi connectivity index (χ1) is 12.2. The van der Waals surface area contributed by atoms with E-state index in [1.165, 1.54) is 0 Å². The lowest BCUT2D eigenvalue weighted by atomic mass is 10.1. The number of amides is 2. The molecule has 3 heterocycles. The zero-order chi connectivity index (χ0) is 17.5. The van der Waals surface area contributed by atoms with E-state index in [0.717, 1.165) is 50.9 Å². The molecule has 144 valence electrons. The first-order valence-corrected chi connectivity index (χ1v) is 9.42. The van der Waals surface area contributed by atoms with Crippen molar-refractivity contribution in [3.63, 3.8) is 0 Å². The van der Waals surface area contributed by atoms with E-state index in [1.807, 2.05) is 23.1 Å². The van der Waals surface area contributed by atoms with Gasteiger partial charge in [0.1, 0.15) is 0 Å². The van der Waals surface area contributed by atoms with Gasteiger partial charge >= 0.3 is 0 Å². The summed E-state index contributed by atoms with van der Waals surface area (Å²) in [5, 5.41) is 3.41. The number of halogens is 1. The number of carbonyl (C=O) groups is 2. The Hall–Kier alpha value is -1.66. The summed E-state index contributed by atoms with van der Waals surface area (Å²) >= 11 is 0. The molecule has 2 aliphatic rings. The van der Waals surface area contributed by atoms with Crippen LogP contribution in [-0.4, -0.2) is 58.8 Å². The quantitative estimate of drug-likeness (QED) is 0.848. The summed E-state index contributed by atoms with van der Waals surface area (Å²) in [5.41, 5.74) is 0.901. The van der Waals surface area contributed by atoms with Gasteiger partial charge in [0.15, 0.2) is 0 Å².